The molecule has 5 heteroatoms. The van der Waals surface area contributed by atoms with Crippen LogP contribution in [0.4, 0.5) is 13.2 Å². The van der Waals surface area contributed by atoms with Crippen LogP contribution in [0.3, 0.4) is 0 Å². The zero-order valence-electron chi connectivity index (χ0n) is 6.47. The van der Waals surface area contributed by atoms with Gasteiger partial charge in [0.1, 0.15) is 5.69 Å². The summed E-state index contributed by atoms with van der Waals surface area (Å²) in [7, 11) is 0. The van der Waals surface area contributed by atoms with Gasteiger partial charge in [-0.1, -0.05) is 0 Å². The monoisotopic (exact) mass is 186 g/mol. The minimum Gasteiger partial charge on any atom is -0.310 e. The Morgan fingerprint density at radius 1 is 1.38 bits per heavy atom. The smallest absolute Gasteiger partial charge is 0.310 e. The van der Waals surface area contributed by atoms with Gasteiger partial charge in [0.05, 0.1) is 5.56 Å². The summed E-state index contributed by atoms with van der Waals surface area (Å²) < 4.78 is 36.0. The zero-order valence-corrected chi connectivity index (χ0v) is 6.47. The Morgan fingerprint density at radius 3 is 2.46 bits per heavy atom. The number of alkyl halides is 3. The van der Waals surface area contributed by atoms with E-state index in [0.29, 0.717) is 5.69 Å². The summed E-state index contributed by atoms with van der Waals surface area (Å²) >= 11 is 0. The molecule has 0 saturated heterocycles. The van der Waals surface area contributed by atoms with Crippen LogP contribution in [-0.2, 0) is 12.7 Å². The van der Waals surface area contributed by atoms with E-state index in [1.807, 2.05) is 0 Å². The summed E-state index contributed by atoms with van der Waals surface area (Å²) in [4.78, 5) is 6.51. The predicted octanol–water partition coefficient (Wildman–Crippen LogP) is 2.52. The number of nitrogens with zero attached hydrogens (tertiary/aromatic N) is 2. The van der Waals surface area contributed by atoms with Crippen LogP contribution in [0.5, 0.6) is 0 Å². The lowest BCUT2D eigenvalue weighted by molar-refractivity contribution is -0.137. The number of aromatic nitrogens is 1. The summed E-state index contributed by atoms with van der Waals surface area (Å²) in [6.07, 6.45) is -3.62. The van der Waals surface area contributed by atoms with Gasteiger partial charge in [-0.05, 0) is 12.1 Å². The highest BCUT2D eigenvalue weighted by Crippen LogP contribution is 2.28. The third kappa shape index (κ3) is 2.44. The van der Waals surface area contributed by atoms with Crippen molar-refractivity contribution in [2.45, 2.75) is 12.7 Å². The lowest BCUT2D eigenvalue weighted by Gasteiger charge is -2.04. The minimum atomic E-state index is -4.36. The summed E-state index contributed by atoms with van der Waals surface area (Å²) in [6, 6.07) is 2.13. The molecule has 0 fully saturated rings. The molecule has 0 bridgehead atoms. The SMILES string of the molecule is [C-]#[N+]Cc1ccc(C(F)(F)F)cn1. The maximum absolute atomic E-state index is 12.0. The van der Waals surface area contributed by atoms with Crippen molar-refractivity contribution in [3.63, 3.8) is 0 Å². The topological polar surface area (TPSA) is 17.2 Å². The molecule has 0 aliphatic carbocycles. The summed E-state index contributed by atoms with van der Waals surface area (Å²) in [5.74, 6) is 0. The van der Waals surface area contributed by atoms with Gasteiger partial charge in [0, 0.05) is 6.20 Å². The van der Waals surface area contributed by atoms with E-state index in [1.165, 1.54) is 6.07 Å². The number of rotatable bonds is 1. The largest absolute Gasteiger partial charge is 0.417 e. The van der Waals surface area contributed by atoms with E-state index in [1.54, 1.807) is 0 Å². The van der Waals surface area contributed by atoms with Crippen molar-refractivity contribution in [2.75, 3.05) is 0 Å². The maximum atomic E-state index is 12.0. The second-order valence-corrected chi connectivity index (χ2v) is 2.35. The number of hydrogen-bond acceptors (Lipinski definition) is 1. The summed E-state index contributed by atoms with van der Waals surface area (Å²) in [5, 5.41) is 0. The number of hydrogen-bond donors (Lipinski definition) is 0. The molecule has 0 saturated carbocycles. The quantitative estimate of drug-likeness (QED) is 0.616. The van der Waals surface area contributed by atoms with Crippen molar-refractivity contribution in [2.24, 2.45) is 0 Å². The van der Waals surface area contributed by atoms with Crippen LogP contribution in [0, 0.1) is 6.57 Å². The number of pyridine rings is 1. The summed E-state index contributed by atoms with van der Waals surface area (Å²) in [6.45, 7) is 6.49. The van der Waals surface area contributed by atoms with E-state index in [0.717, 1.165) is 12.3 Å². The lowest BCUT2D eigenvalue weighted by atomic mass is 10.2. The molecule has 0 radical (unpaired) electrons. The first kappa shape index (κ1) is 9.52. The standard InChI is InChI=1S/C8H5F3N2/c1-12-5-7-3-2-6(4-13-7)8(9,10)11/h2-4H,5H2. The predicted molar refractivity (Wildman–Crippen MR) is 39.5 cm³/mol. The van der Waals surface area contributed by atoms with Crippen molar-refractivity contribution in [3.8, 4) is 0 Å². The highest BCUT2D eigenvalue weighted by Gasteiger charge is 2.30. The molecule has 0 aliphatic rings. The third-order valence-electron chi connectivity index (χ3n) is 1.39. The molecule has 0 N–H and O–H groups in total. The molecule has 0 aromatic carbocycles. The minimum absolute atomic E-state index is 0.0120. The Bertz CT molecular complexity index is 321. The van der Waals surface area contributed by atoms with Gasteiger partial charge in [-0.3, -0.25) is 4.98 Å². The summed E-state index contributed by atoms with van der Waals surface area (Å²) in [5.41, 5.74) is -0.441. The van der Waals surface area contributed by atoms with Gasteiger partial charge >= 0.3 is 6.18 Å². The molecule has 2 nitrogen and oxygen atoms in total. The molecule has 0 atom stereocenters. The average molecular weight is 186 g/mol. The van der Waals surface area contributed by atoms with Crippen LogP contribution in [0.15, 0.2) is 18.3 Å². The van der Waals surface area contributed by atoms with E-state index in [4.69, 9.17) is 6.57 Å². The second kappa shape index (κ2) is 3.44. The molecule has 0 unspecified atom stereocenters. The Morgan fingerprint density at radius 2 is 2.08 bits per heavy atom. The second-order valence-electron chi connectivity index (χ2n) is 2.35. The van der Waals surface area contributed by atoms with Gasteiger partial charge in [-0.25, -0.2) is 6.57 Å². The fourth-order valence-corrected chi connectivity index (χ4v) is 0.767. The molecule has 0 aliphatic heterocycles. The van der Waals surface area contributed by atoms with Crippen LogP contribution in [0.25, 0.3) is 4.85 Å². The molecular formula is C8H5F3N2. The van der Waals surface area contributed by atoms with E-state index >= 15 is 0 Å². The van der Waals surface area contributed by atoms with Crippen molar-refractivity contribution in [3.05, 3.63) is 41.0 Å². The molecule has 68 valence electrons. The fraction of sp³-hybridized carbons (Fsp3) is 0.250. The highest BCUT2D eigenvalue weighted by atomic mass is 19.4. The van der Waals surface area contributed by atoms with E-state index in [-0.39, 0.29) is 6.54 Å². The van der Waals surface area contributed by atoms with Gasteiger partial charge in [-0.2, -0.15) is 13.2 Å². The third-order valence-corrected chi connectivity index (χ3v) is 1.39. The first-order valence-corrected chi connectivity index (χ1v) is 3.39. The average Bonchev–Trinajstić information content (AvgIpc) is 2.04. The fourth-order valence-electron chi connectivity index (χ4n) is 0.767. The van der Waals surface area contributed by atoms with Crippen molar-refractivity contribution in [1.29, 1.82) is 0 Å². The van der Waals surface area contributed by atoms with Crippen LogP contribution in [-0.4, -0.2) is 4.98 Å². The Balaban J connectivity index is 2.89. The molecule has 1 rings (SSSR count). The Kier molecular flexibility index (Phi) is 2.52. The van der Waals surface area contributed by atoms with Gasteiger partial charge < -0.3 is 4.85 Å². The molecule has 1 aromatic heterocycles. The van der Waals surface area contributed by atoms with Crippen LogP contribution >= 0.6 is 0 Å². The molecule has 0 spiro atoms. The van der Waals surface area contributed by atoms with E-state index < -0.39 is 11.7 Å². The molecule has 1 aromatic rings. The van der Waals surface area contributed by atoms with Crippen molar-refractivity contribution in [1.82, 2.24) is 4.98 Å². The van der Waals surface area contributed by atoms with Gasteiger partial charge in [0.2, 0.25) is 0 Å². The lowest BCUT2D eigenvalue weighted by Crippen LogP contribution is -2.05. The van der Waals surface area contributed by atoms with Gasteiger partial charge in [0.15, 0.2) is 0 Å². The van der Waals surface area contributed by atoms with E-state index in [9.17, 15) is 13.2 Å². The van der Waals surface area contributed by atoms with Crippen molar-refractivity contribution >= 4 is 0 Å². The first-order valence-electron chi connectivity index (χ1n) is 3.39. The van der Waals surface area contributed by atoms with E-state index in [2.05, 4.69) is 9.83 Å². The first-order chi connectivity index (χ1) is 6.04. The Labute approximate surface area is 72.8 Å². The van der Waals surface area contributed by atoms with Crippen LogP contribution in [0.1, 0.15) is 11.3 Å². The van der Waals surface area contributed by atoms with Crippen LogP contribution in [0.2, 0.25) is 0 Å². The number of halogens is 3. The van der Waals surface area contributed by atoms with Gasteiger partial charge in [-0.15, -0.1) is 0 Å². The molecule has 0 amide bonds. The normalized spacial score (nSPS) is 10.9. The molecule has 1 heterocycles. The van der Waals surface area contributed by atoms with Crippen molar-refractivity contribution < 1.29 is 13.2 Å². The van der Waals surface area contributed by atoms with Crippen LogP contribution < -0.4 is 0 Å². The highest BCUT2D eigenvalue weighted by molar-refractivity contribution is 5.17. The Hall–Kier alpha value is -1.57. The van der Waals surface area contributed by atoms with Gasteiger partial charge in [0.25, 0.3) is 6.54 Å². The zero-order chi connectivity index (χ0) is 9.90. The molecular weight excluding hydrogens is 181 g/mol. The molecule has 13 heavy (non-hydrogen) atoms. The maximum Gasteiger partial charge on any atom is 0.417 e.